The van der Waals surface area contributed by atoms with Gasteiger partial charge in [0, 0.05) is 25.8 Å². The molecule has 0 aromatic rings. The lowest BCUT2D eigenvalue weighted by molar-refractivity contribution is -0.138. The molecule has 0 aromatic carbocycles. The van der Waals surface area contributed by atoms with E-state index in [1.54, 1.807) is 6.92 Å². The Morgan fingerprint density at radius 1 is 1.44 bits per heavy atom. The van der Waals surface area contributed by atoms with Crippen LogP contribution in [-0.4, -0.2) is 23.5 Å². The number of hydrogen-bond donors (Lipinski definition) is 2. The van der Waals surface area contributed by atoms with Crippen LogP contribution in [0.1, 0.15) is 39.0 Å². The van der Waals surface area contributed by atoms with Crippen LogP contribution in [0.2, 0.25) is 0 Å². The van der Waals surface area contributed by atoms with Crippen molar-refractivity contribution in [2.24, 2.45) is 5.92 Å². The number of nitrogens with one attached hydrogen (secondary N) is 1. The molecule has 0 radical (unpaired) electrons. The van der Waals surface area contributed by atoms with E-state index >= 15 is 0 Å². The summed E-state index contributed by atoms with van der Waals surface area (Å²) in [5, 5.41) is 11.2. The van der Waals surface area contributed by atoms with Crippen molar-refractivity contribution in [1.29, 1.82) is 0 Å². The topological polar surface area (TPSA) is 66.4 Å². The minimum Gasteiger partial charge on any atom is -0.481 e. The van der Waals surface area contributed by atoms with Crippen LogP contribution in [0.4, 0.5) is 0 Å². The van der Waals surface area contributed by atoms with Crippen molar-refractivity contribution >= 4 is 11.9 Å². The lowest BCUT2D eigenvalue weighted by atomic mass is 10.1. The molecule has 1 unspecified atom stereocenters. The number of carbonyl (C=O) groups is 2. The first-order valence-corrected chi connectivity index (χ1v) is 5.48. The minimum atomic E-state index is -0.837. The Morgan fingerprint density at radius 2 is 2.12 bits per heavy atom. The summed E-state index contributed by atoms with van der Waals surface area (Å²) in [7, 11) is 0. The van der Waals surface area contributed by atoms with Gasteiger partial charge < -0.3 is 10.4 Å². The SMILES string of the molecule is C#CCCCCC(=O)NCC(C)CC(=O)O. The number of unbranched alkanes of at least 4 members (excludes halogenated alkanes) is 2. The van der Waals surface area contributed by atoms with E-state index in [1.165, 1.54) is 0 Å². The molecule has 0 rings (SSSR count). The first-order chi connectivity index (χ1) is 7.56. The molecule has 16 heavy (non-hydrogen) atoms. The highest BCUT2D eigenvalue weighted by atomic mass is 16.4. The molecule has 0 saturated carbocycles. The molecule has 0 aliphatic rings. The van der Waals surface area contributed by atoms with E-state index in [0.29, 0.717) is 19.4 Å². The Labute approximate surface area is 96.4 Å². The van der Waals surface area contributed by atoms with Crippen LogP contribution in [0.15, 0.2) is 0 Å². The molecule has 0 spiro atoms. The van der Waals surface area contributed by atoms with Gasteiger partial charge >= 0.3 is 5.97 Å². The van der Waals surface area contributed by atoms with Crippen molar-refractivity contribution in [2.45, 2.75) is 39.0 Å². The highest BCUT2D eigenvalue weighted by molar-refractivity contribution is 5.75. The van der Waals surface area contributed by atoms with Gasteiger partial charge in [0.2, 0.25) is 5.91 Å². The summed E-state index contributed by atoms with van der Waals surface area (Å²) in [6, 6.07) is 0. The van der Waals surface area contributed by atoms with Crippen molar-refractivity contribution in [3.05, 3.63) is 0 Å². The van der Waals surface area contributed by atoms with Crippen LogP contribution in [-0.2, 0) is 9.59 Å². The third kappa shape index (κ3) is 9.07. The molecule has 0 aromatic heterocycles. The Morgan fingerprint density at radius 3 is 2.69 bits per heavy atom. The predicted molar refractivity (Wildman–Crippen MR) is 61.7 cm³/mol. The summed E-state index contributed by atoms with van der Waals surface area (Å²) in [5.41, 5.74) is 0. The molecule has 1 atom stereocenters. The maximum atomic E-state index is 11.3. The molecule has 2 N–H and O–H groups in total. The van der Waals surface area contributed by atoms with E-state index in [2.05, 4.69) is 11.2 Å². The van der Waals surface area contributed by atoms with Gasteiger partial charge in [-0.2, -0.15) is 0 Å². The van der Waals surface area contributed by atoms with Gasteiger partial charge in [0.15, 0.2) is 0 Å². The fraction of sp³-hybridized carbons (Fsp3) is 0.667. The summed E-state index contributed by atoms with van der Waals surface area (Å²) in [5.74, 6) is 1.61. The molecular weight excluding hydrogens is 206 g/mol. The highest BCUT2D eigenvalue weighted by Crippen LogP contribution is 2.01. The molecule has 0 fully saturated rings. The Balaban J connectivity index is 3.50. The van der Waals surface area contributed by atoms with Crippen LogP contribution in [0.25, 0.3) is 0 Å². The van der Waals surface area contributed by atoms with Crippen LogP contribution >= 0.6 is 0 Å². The number of amides is 1. The van der Waals surface area contributed by atoms with E-state index in [-0.39, 0.29) is 18.2 Å². The summed E-state index contributed by atoms with van der Waals surface area (Å²) in [6.45, 7) is 2.22. The quantitative estimate of drug-likeness (QED) is 0.485. The molecule has 1 amide bonds. The van der Waals surface area contributed by atoms with Crippen LogP contribution in [0.3, 0.4) is 0 Å². The number of carbonyl (C=O) groups excluding carboxylic acids is 1. The van der Waals surface area contributed by atoms with Gasteiger partial charge in [-0.1, -0.05) is 6.92 Å². The molecule has 90 valence electrons. The number of hydrogen-bond acceptors (Lipinski definition) is 2. The summed E-state index contributed by atoms with van der Waals surface area (Å²) in [4.78, 5) is 21.7. The number of carboxylic acids is 1. The maximum Gasteiger partial charge on any atom is 0.303 e. The molecule has 0 heterocycles. The predicted octanol–water partition coefficient (Wildman–Crippen LogP) is 1.41. The first kappa shape index (κ1) is 14.5. The Kier molecular flexibility index (Phi) is 7.96. The highest BCUT2D eigenvalue weighted by Gasteiger charge is 2.08. The van der Waals surface area contributed by atoms with Gasteiger partial charge in [-0.15, -0.1) is 12.3 Å². The average Bonchev–Trinajstić information content (AvgIpc) is 2.20. The molecule has 0 saturated heterocycles. The van der Waals surface area contributed by atoms with Gasteiger partial charge in [0.25, 0.3) is 0 Å². The molecular formula is C12H19NO3. The molecule has 0 aliphatic carbocycles. The number of aliphatic carboxylic acids is 1. The molecule has 4 nitrogen and oxygen atoms in total. The summed E-state index contributed by atoms with van der Waals surface area (Å²) >= 11 is 0. The molecule has 0 bridgehead atoms. The summed E-state index contributed by atoms with van der Waals surface area (Å²) < 4.78 is 0. The van der Waals surface area contributed by atoms with Gasteiger partial charge in [0.05, 0.1) is 0 Å². The monoisotopic (exact) mass is 225 g/mol. The zero-order chi connectivity index (χ0) is 12.4. The third-order valence-corrected chi connectivity index (χ3v) is 2.15. The van der Waals surface area contributed by atoms with Crippen molar-refractivity contribution in [2.75, 3.05) is 6.54 Å². The Bertz CT molecular complexity index is 268. The minimum absolute atomic E-state index is 0.0331. The van der Waals surface area contributed by atoms with E-state index in [0.717, 1.165) is 12.8 Å². The zero-order valence-corrected chi connectivity index (χ0v) is 9.66. The van der Waals surface area contributed by atoms with Gasteiger partial charge in [-0.3, -0.25) is 9.59 Å². The van der Waals surface area contributed by atoms with Crippen molar-refractivity contribution in [1.82, 2.24) is 5.32 Å². The lowest BCUT2D eigenvalue weighted by Crippen LogP contribution is -2.28. The molecule has 4 heteroatoms. The first-order valence-electron chi connectivity index (χ1n) is 5.48. The maximum absolute atomic E-state index is 11.3. The molecule has 0 aliphatic heterocycles. The van der Waals surface area contributed by atoms with Gasteiger partial charge in [-0.05, 0) is 18.8 Å². The second kappa shape index (κ2) is 8.78. The van der Waals surface area contributed by atoms with Crippen LogP contribution in [0, 0.1) is 18.3 Å². The second-order valence-corrected chi connectivity index (χ2v) is 3.92. The smallest absolute Gasteiger partial charge is 0.303 e. The van der Waals surface area contributed by atoms with Crippen LogP contribution < -0.4 is 5.32 Å². The van der Waals surface area contributed by atoms with E-state index in [9.17, 15) is 9.59 Å². The van der Waals surface area contributed by atoms with Crippen molar-refractivity contribution in [3.63, 3.8) is 0 Å². The summed E-state index contributed by atoms with van der Waals surface area (Å²) in [6.07, 6.45) is 7.96. The normalized spacial score (nSPS) is 11.5. The van der Waals surface area contributed by atoms with Gasteiger partial charge in [0.1, 0.15) is 0 Å². The van der Waals surface area contributed by atoms with Crippen molar-refractivity contribution in [3.8, 4) is 12.3 Å². The standard InChI is InChI=1S/C12H19NO3/c1-3-4-5-6-7-11(14)13-9-10(2)8-12(15)16/h1,10H,4-9H2,2H3,(H,13,14)(H,15,16). The van der Waals surface area contributed by atoms with E-state index in [4.69, 9.17) is 11.5 Å². The number of rotatable bonds is 8. The fourth-order valence-electron chi connectivity index (χ4n) is 1.26. The zero-order valence-electron chi connectivity index (χ0n) is 9.66. The lowest BCUT2D eigenvalue weighted by Gasteiger charge is -2.09. The van der Waals surface area contributed by atoms with Crippen LogP contribution in [0.5, 0.6) is 0 Å². The van der Waals surface area contributed by atoms with Gasteiger partial charge in [-0.25, -0.2) is 0 Å². The van der Waals surface area contributed by atoms with E-state index in [1.807, 2.05) is 0 Å². The van der Waals surface area contributed by atoms with E-state index < -0.39 is 5.97 Å². The largest absolute Gasteiger partial charge is 0.481 e. The second-order valence-electron chi connectivity index (χ2n) is 3.92. The fourth-order valence-corrected chi connectivity index (χ4v) is 1.26. The number of carboxylic acid groups (broad SMARTS) is 1. The number of terminal acetylenes is 1. The van der Waals surface area contributed by atoms with Crippen molar-refractivity contribution < 1.29 is 14.7 Å². The Hall–Kier alpha value is -1.50. The average molecular weight is 225 g/mol. The third-order valence-electron chi connectivity index (χ3n) is 2.15.